The minimum Gasteiger partial charge on any atom is -0.256 e. The summed E-state index contributed by atoms with van der Waals surface area (Å²) in [5, 5.41) is 0.565. The normalized spacial score (nSPS) is 22.0. The molecule has 1 nitrogen and oxygen atoms in total. The fraction of sp³-hybridized carbons (Fsp3) is 0.500. The van der Waals surface area contributed by atoms with E-state index < -0.39 is 0 Å². The van der Waals surface area contributed by atoms with Crippen molar-refractivity contribution in [1.82, 2.24) is 4.90 Å². The van der Waals surface area contributed by atoms with Gasteiger partial charge in [0, 0.05) is 15.9 Å². The Labute approximate surface area is 134 Å². The maximum Gasteiger partial charge on any atom is 0.0859 e. The second kappa shape index (κ2) is 7.04. The van der Waals surface area contributed by atoms with Crippen molar-refractivity contribution < 1.29 is 0 Å². The van der Waals surface area contributed by atoms with Crippen molar-refractivity contribution >= 4 is 50.8 Å². The lowest BCUT2D eigenvalue weighted by Crippen LogP contribution is -2.27. The van der Waals surface area contributed by atoms with E-state index in [9.17, 15) is 0 Å². The number of hydrogen-bond donors (Lipinski definition) is 0. The van der Waals surface area contributed by atoms with E-state index >= 15 is 0 Å². The van der Waals surface area contributed by atoms with E-state index in [1.54, 1.807) is 9.20 Å². The lowest BCUT2D eigenvalue weighted by atomic mass is 10.0. The first-order chi connectivity index (χ1) is 8.67. The van der Waals surface area contributed by atoms with Gasteiger partial charge in [0.2, 0.25) is 0 Å². The van der Waals surface area contributed by atoms with Crippen LogP contribution in [0.25, 0.3) is 0 Å². The summed E-state index contributed by atoms with van der Waals surface area (Å²) in [4.78, 5) is 2.63. The highest BCUT2D eigenvalue weighted by molar-refractivity contribution is 15.0. The Morgan fingerprint density at radius 2 is 2.33 bits per heavy atom. The van der Waals surface area contributed by atoms with Crippen molar-refractivity contribution in [3.8, 4) is 0 Å². The number of rotatable bonds is 3. The molecule has 0 amide bonds. The van der Waals surface area contributed by atoms with Gasteiger partial charge in [0.05, 0.1) is 5.37 Å². The SMILES string of the molecule is CCc1cc(C)ccc1C1SCCN1C(C)=II. The Morgan fingerprint density at radius 3 is 3.00 bits per heavy atom. The Bertz CT molecular complexity index is 459. The molecule has 1 atom stereocenters. The van der Waals surface area contributed by atoms with Gasteiger partial charge in [0.1, 0.15) is 0 Å². The molecule has 1 fully saturated rings. The average molecular weight is 487 g/mol. The Kier molecular flexibility index (Phi) is 5.96. The molecule has 0 spiro atoms. The van der Waals surface area contributed by atoms with Crippen LogP contribution in [0.15, 0.2) is 18.2 Å². The van der Waals surface area contributed by atoms with Crippen molar-refractivity contribution in [3.05, 3.63) is 34.9 Å². The van der Waals surface area contributed by atoms with Crippen LogP contribution < -0.4 is 0 Å². The van der Waals surface area contributed by atoms with Crippen LogP contribution in [-0.2, 0) is 6.42 Å². The molecular weight excluding hydrogens is 468 g/mol. The lowest BCUT2D eigenvalue weighted by Gasteiger charge is -2.25. The first kappa shape index (κ1) is 15.3. The zero-order valence-electron chi connectivity index (χ0n) is 11.0. The maximum absolute atomic E-state index is 2.63. The van der Waals surface area contributed by atoms with E-state index in [1.807, 2.05) is 0 Å². The number of benzene rings is 1. The van der Waals surface area contributed by atoms with Crippen molar-refractivity contribution in [2.45, 2.75) is 32.6 Å². The summed E-state index contributed by atoms with van der Waals surface area (Å²) in [5.74, 6) is 1.26. The van der Waals surface area contributed by atoms with Gasteiger partial charge in [-0.3, -0.25) is 4.90 Å². The quantitative estimate of drug-likeness (QED) is 0.548. The Balaban J connectivity index is 2.36. The number of hydrogen-bond acceptors (Lipinski definition) is 2. The van der Waals surface area contributed by atoms with Crippen LogP contribution in [0.1, 0.15) is 35.9 Å². The Hall–Kier alpha value is 0.860. The van der Waals surface area contributed by atoms with Gasteiger partial charge in [-0.05, 0) is 66.8 Å². The molecular formula is C14H19I2NS. The van der Waals surface area contributed by atoms with Crippen LogP contribution in [0.4, 0.5) is 0 Å². The molecule has 18 heavy (non-hydrogen) atoms. The predicted octanol–water partition coefficient (Wildman–Crippen LogP) is 5.08. The van der Waals surface area contributed by atoms with Crippen LogP contribution in [0.2, 0.25) is 0 Å². The van der Waals surface area contributed by atoms with Crippen LogP contribution in [0, 0.1) is 6.92 Å². The molecule has 1 aliphatic heterocycles. The molecule has 1 saturated heterocycles. The maximum atomic E-state index is 2.63. The predicted molar refractivity (Wildman–Crippen MR) is 101 cm³/mol. The van der Waals surface area contributed by atoms with Crippen molar-refractivity contribution in [2.75, 3.05) is 12.3 Å². The summed E-state index contributed by atoms with van der Waals surface area (Å²) < 4.78 is 1.62. The number of thioether (sulfide) groups is 1. The second-order valence-electron chi connectivity index (χ2n) is 4.54. The molecule has 1 heterocycles. The standard InChI is InChI=1S/C14H19I2NS/c1-4-12-9-10(2)5-6-13(12)14-17(7-8-18-14)11(3)16-15/h5-6,9,14H,4,7-8H2,1-3H3. The van der Waals surface area contributed by atoms with Crippen LogP contribution in [-0.4, -0.2) is 20.8 Å². The van der Waals surface area contributed by atoms with Gasteiger partial charge >= 0.3 is 0 Å². The van der Waals surface area contributed by atoms with Gasteiger partial charge in [-0.1, -0.05) is 30.7 Å². The third-order valence-corrected chi connectivity index (χ3v) is 9.75. The van der Waals surface area contributed by atoms with Crippen LogP contribution in [0.5, 0.6) is 0 Å². The molecule has 1 aromatic rings. The summed E-state index contributed by atoms with van der Waals surface area (Å²) >= 11 is 4.87. The molecule has 0 bridgehead atoms. The second-order valence-corrected chi connectivity index (χ2v) is 10.4. The molecule has 1 aliphatic rings. The van der Waals surface area contributed by atoms with Gasteiger partial charge < -0.3 is 0 Å². The fourth-order valence-corrected chi connectivity index (χ4v) is 6.26. The van der Waals surface area contributed by atoms with Crippen LogP contribution in [0.3, 0.4) is 0 Å². The number of nitrogens with zero attached hydrogens (tertiary/aromatic N) is 1. The minimum atomic E-state index is 0.191. The van der Waals surface area contributed by atoms with Gasteiger partial charge in [-0.25, -0.2) is 0 Å². The molecule has 1 unspecified atom stereocenters. The fourth-order valence-electron chi connectivity index (χ4n) is 2.37. The third kappa shape index (κ3) is 3.30. The zero-order chi connectivity index (χ0) is 13.1. The summed E-state index contributed by atoms with van der Waals surface area (Å²) in [6.45, 7) is 8.00. The minimum absolute atomic E-state index is 0.191. The van der Waals surface area contributed by atoms with E-state index in [4.69, 9.17) is 0 Å². The summed E-state index contributed by atoms with van der Waals surface area (Å²) in [6, 6.07) is 6.98. The van der Waals surface area contributed by atoms with Gasteiger partial charge in [-0.2, -0.15) is 0 Å². The molecule has 0 N–H and O–H groups in total. The van der Waals surface area contributed by atoms with E-state index in [2.05, 4.69) is 74.2 Å². The number of halogens is 2. The Morgan fingerprint density at radius 1 is 1.56 bits per heavy atom. The average Bonchev–Trinajstić information content (AvgIpc) is 2.86. The molecule has 4 heteroatoms. The van der Waals surface area contributed by atoms with Crippen molar-refractivity contribution in [2.24, 2.45) is 0 Å². The van der Waals surface area contributed by atoms with Gasteiger partial charge in [0.25, 0.3) is 0 Å². The van der Waals surface area contributed by atoms with Crippen LogP contribution >= 0.6 is 47.1 Å². The first-order valence-electron chi connectivity index (χ1n) is 6.24. The molecule has 0 saturated carbocycles. The van der Waals surface area contributed by atoms with E-state index in [-0.39, 0.29) is 16.8 Å². The summed E-state index contributed by atoms with van der Waals surface area (Å²) in [7, 11) is 0. The van der Waals surface area contributed by atoms with E-state index in [0.29, 0.717) is 5.37 Å². The monoisotopic (exact) mass is 487 g/mol. The highest BCUT2D eigenvalue weighted by atomic mass is 128. The molecule has 1 aromatic carbocycles. The smallest absolute Gasteiger partial charge is 0.0859 e. The highest BCUT2D eigenvalue weighted by Gasteiger charge is 2.29. The van der Waals surface area contributed by atoms with E-state index in [1.165, 1.54) is 23.4 Å². The summed E-state index contributed by atoms with van der Waals surface area (Å²) in [5.41, 5.74) is 4.45. The molecule has 0 aliphatic carbocycles. The van der Waals surface area contributed by atoms with Crippen molar-refractivity contribution in [3.63, 3.8) is 0 Å². The largest absolute Gasteiger partial charge is 0.256 e. The number of aryl methyl sites for hydroxylation is 2. The van der Waals surface area contributed by atoms with Gasteiger partial charge in [-0.15, -0.1) is 11.8 Å². The lowest BCUT2D eigenvalue weighted by molar-refractivity contribution is 0.455. The third-order valence-electron chi connectivity index (χ3n) is 3.34. The van der Waals surface area contributed by atoms with E-state index in [0.717, 1.165) is 6.42 Å². The first-order valence-corrected chi connectivity index (χ1v) is 14.7. The summed E-state index contributed by atoms with van der Waals surface area (Å²) in [6.07, 6.45) is 1.14. The van der Waals surface area contributed by atoms with Crippen molar-refractivity contribution in [1.29, 1.82) is 0 Å². The van der Waals surface area contributed by atoms with Gasteiger partial charge in [0.15, 0.2) is 0 Å². The molecule has 2 rings (SSSR count). The topological polar surface area (TPSA) is 3.24 Å². The molecule has 0 aromatic heterocycles. The zero-order valence-corrected chi connectivity index (χ0v) is 16.2. The highest BCUT2D eigenvalue weighted by Crippen LogP contribution is 2.41. The molecule has 0 radical (unpaired) electrons. The molecule has 100 valence electrons.